The molecule has 32 nitrogen and oxygen atoms in total. The average Bonchev–Trinajstić information content (AvgIpc) is 1.70. The summed E-state index contributed by atoms with van der Waals surface area (Å²) in [6.07, 6.45) is 0.750. The first-order chi connectivity index (χ1) is 64.8. The predicted molar refractivity (Wildman–Crippen MR) is 546 cm³/mol. The lowest BCUT2D eigenvalue weighted by Crippen LogP contribution is -2.20. The number of benzene rings is 5. The number of thiazole rings is 5. The van der Waals surface area contributed by atoms with Crippen molar-refractivity contribution in [3.63, 3.8) is 0 Å². The molecule has 47 heteroatoms. The van der Waals surface area contributed by atoms with E-state index >= 15 is 0 Å². The first-order valence-electron chi connectivity index (χ1n) is 39.0. The first kappa shape index (κ1) is 104. The molecule has 700 valence electrons. The van der Waals surface area contributed by atoms with Crippen LogP contribution in [-0.2, 0) is 52.7 Å². The van der Waals surface area contributed by atoms with Crippen LogP contribution in [0.1, 0.15) is 34.6 Å². The summed E-state index contributed by atoms with van der Waals surface area (Å²) >= 11 is 42.5. The highest BCUT2D eigenvalue weighted by molar-refractivity contribution is 7.23. The number of amides is 11. The molecule has 0 unspecified atom stereocenters. The number of carbonyl (C=O) groups is 11. The monoisotopic (exact) mass is 2110 g/mol. The zero-order chi connectivity index (χ0) is 96.9. The summed E-state index contributed by atoms with van der Waals surface area (Å²) in [5.74, 6) is -0.00876. The third-order valence-corrected chi connectivity index (χ3v) is 25.8. The van der Waals surface area contributed by atoms with Crippen molar-refractivity contribution in [1.29, 1.82) is 0 Å². The SMILES string of the molecule is CC(=O)Nc1sc(NC(=O)COc2ccc(Cl)cc2)nc1-c1cccs1.CC(=O)Nc1sc(NC(=O)COc2ccc(Cl)cc2)nc1-c1cccs1.CC(=O)Nc1sc(NC(=O)COc2ccc(Cl)cc2)nc1-c1cccs1.CC(=O)Nc1sc(NC(=O)COc2ccc(Cl)cc2)nc1-c1cccs1.CC(=O)Nc1sc(NC(=O)COc2ccc(Cl)cc2)nc1-c1cccs1.CN(C)C=O. The van der Waals surface area contributed by atoms with Crippen LogP contribution in [0.3, 0.4) is 0 Å². The van der Waals surface area contributed by atoms with E-state index in [0.717, 1.165) is 30.8 Å². The smallest absolute Gasteiger partial charge is 0.264 e. The molecule has 5 aromatic carbocycles. The Morgan fingerprint density at radius 3 is 0.556 bits per heavy atom. The molecule has 15 rings (SSSR count). The number of nitrogens with one attached hydrogen (secondary N) is 10. The van der Waals surface area contributed by atoms with E-state index in [1.165, 1.54) is 153 Å². The number of carbonyl (C=O) groups excluding carboxylic acids is 11. The Balaban J connectivity index is 0.000000172. The number of hydrogen-bond donors (Lipinski definition) is 10. The molecule has 0 aliphatic heterocycles. The van der Waals surface area contributed by atoms with Crippen LogP contribution >= 0.6 is 171 Å². The lowest BCUT2D eigenvalue weighted by molar-refractivity contribution is -0.118. The number of nitrogens with zero attached hydrogens (tertiary/aromatic N) is 6. The summed E-state index contributed by atoms with van der Waals surface area (Å²) in [6.45, 7) is 6.33. The highest BCUT2D eigenvalue weighted by Gasteiger charge is 2.24. The minimum atomic E-state index is -0.346. The maximum absolute atomic E-state index is 12.1. The third-order valence-electron chi connectivity index (χ3n) is 15.7. The Hall–Kier alpha value is -12.6. The zero-order valence-electron chi connectivity index (χ0n) is 71.5. The van der Waals surface area contributed by atoms with Crippen molar-refractivity contribution in [1.82, 2.24) is 29.8 Å². The molecule has 0 aliphatic carbocycles. The fraction of sp³-hybridized carbons (Fsp3) is 0.136. The van der Waals surface area contributed by atoms with E-state index in [9.17, 15) is 52.7 Å². The van der Waals surface area contributed by atoms with Crippen molar-refractivity contribution in [3.05, 3.63) is 234 Å². The summed E-state index contributed by atoms with van der Waals surface area (Å²) in [7, 11) is 3.38. The number of thiophene rings is 5. The molecule has 10 heterocycles. The lowest BCUT2D eigenvalue weighted by atomic mass is 10.3. The van der Waals surface area contributed by atoms with Crippen LogP contribution in [0.25, 0.3) is 52.9 Å². The molecule has 0 bridgehead atoms. The summed E-state index contributed by atoms with van der Waals surface area (Å²) in [4.78, 5) is 155. The molecule has 10 aromatic heterocycles. The van der Waals surface area contributed by atoms with Gasteiger partial charge in [0.15, 0.2) is 58.7 Å². The van der Waals surface area contributed by atoms with Gasteiger partial charge < -0.3 is 55.2 Å². The Morgan fingerprint density at radius 1 is 0.274 bits per heavy atom. The second kappa shape index (κ2) is 53.5. The Labute approximate surface area is 836 Å². The molecule has 0 fully saturated rings. The highest BCUT2D eigenvalue weighted by atomic mass is 35.5. The van der Waals surface area contributed by atoms with Crippen molar-refractivity contribution in [2.75, 3.05) is 100 Å². The van der Waals surface area contributed by atoms with Crippen LogP contribution < -0.4 is 76.9 Å². The molecule has 10 N–H and O–H groups in total. The largest absolute Gasteiger partial charge is 0.484 e. The number of aromatic nitrogens is 5. The molecule has 0 atom stereocenters. The Morgan fingerprint density at radius 2 is 0.430 bits per heavy atom. The van der Waals surface area contributed by atoms with Crippen LogP contribution in [0.2, 0.25) is 25.1 Å². The molecule has 15 aromatic rings. The number of halogens is 5. The van der Waals surface area contributed by atoms with E-state index in [4.69, 9.17) is 81.7 Å². The van der Waals surface area contributed by atoms with Gasteiger partial charge in [-0.05, 0) is 179 Å². The molecule has 11 amide bonds. The summed E-state index contributed by atoms with van der Waals surface area (Å²) in [6, 6.07) is 52.7. The Bertz CT molecular complexity index is 5550. The summed E-state index contributed by atoms with van der Waals surface area (Å²) in [5.41, 5.74) is 3.17. The van der Waals surface area contributed by atoms with Crippen molar-refractivity contribution < 1.29 is 76.4 Å². The normalized spacial score (nSPS) is 10.3. The van der Waals surface area contributed by atoms with E-state index in [1.807, 2.05) is 87.6 Å². The van der Waals surface area contributed by atoms with Crippen LogP contribution in [0.5, 0.6) is 28.7 Å². The molecule has 0 saturated heterocycles. The quantitative estimate of drug-likeness (QED) is 0.0180. The predicted octanol–water partition coefficient (Wildman–Crippen LogP) is 22.2. The molecule has 135 heavy (non-hydrogen) atoms. The molecule has 0 aliphatic rings. The third kappa shape index (κ3) is 35.9. The van der Waals surface area contributed by atoms with Gasteiger partial charge in [0.25, 0.3) is 29.5 Å². The van der Waals surface area contributed by atoms with Gasteiger partial charge in [-0.25, -0.2) is 24.9 Å². The highest BCUT2D eigenvalue weighted by Crippen LogP contribution is 2.44. The second-order valence-corrected chi connectivity index (χ2v) is 38.7. The van der Waals surface area contributed by atoms with Crippen LogP contribution in [0.15, 0.2) is 209 Å². The topological polar surface area (TPSA) is 422 Å². The first-order valence-corrected chi connectivity index (χ1v) is 49.3. The van der Waals surface area contributed by atoms with Crippen LogP contribution in [0, 0.1) is 0 Å². The number of ether oxygens (including phenoxy) is 5. The van der Waals surface area contributed by atoms with Crippen molar-refractivity contribution >= 4 is 288 Å². The van der Waals surface area contributed by atoms with Gasteiger partial charge in [-0.3, -0.25) is 79.3 Å². The van der Waals surface area contributed by atoms with Gasteiger partial charge in [-0.1, -0.05) is 145 Å². The maximum atomic E-state index is 12.1. The van der Waals surface area contributed by atoms with Crippen molar-refractivity contribution in [2.45, 2.75) is 34.6 Å². The minimum absolute atomic E-state index is 0.162. The van der Waals surface area contributed by atoms with Gasteiger partial charge in [0.2, 0.25) is 35.9 Å². The van der Waals surface area contributed by atoms with Gasteiger partial charge >= 0.3 is 0 Å². The summed E-state index contributed by atoms with van der Waals surface area (Å²) < 4.78 is 27.0. The number of hydrogen-bond acceptors (Lipinski definition) is 31. The average molecular weight is 2110 g/mol. The molecular formula is C88H77Cl5N16O16S10. The zero-order valence-corrected chi connectivity index (χ0v) is 83.5. The van der Waals surface area contributed by atoms with Gasteiger partial charge in [-0.15, -0.1) is 56.7 Å². The molecule has 0 spiro atoms. The van der Waals surface area contributed by atoms with Gasteiger partial charge in [0, 0.05) is 73.8 Å². The molecular weight excluding hydrogens is 2030 g/mol. The van der Waals surface area contributed by atoms with E-state index in [1.54, 1.807) is 135 Å². The standard InChI is InChI=1S/5C17H14ClN3O3S2.C3H7NO/c5*1-10(22)19-16-15(13-3-2-8-25-13)21-17(26-16)20-14(23)9-24-12-6-4-11(18)5-7-12;1-4(2)3-5/h5*2-8H,9H2,1H3,(H,19,22)(H,20,21,23);3H,1-2H3. The number of rotatable bonds is 31. The van der Waals surface area contributed by atoms with Crippen molar-refractivity contribution in [2.24, 2.45) is 0 Å². The van der Waals surface area contributed by atoms with E-state index in [2.05, 4.69) is 78.1 Å². The van der Waals surface area contributed by atoms with Gasteiger partial charge in [-0.2, -0.15) is 0 Å². The fourth-order valence-electron chi connectivity index (χ4n) is 10.2. The Kier molecular flexibility index (Phi) is 41.4. The van der Waals surface area contributed by atoms with Crippen molar-refractivity contribution in [3.8, 4) is 81.6 Å². The lowest BCUT2D eigenvalue weighted by Gasteiger charge is -2.05. The molecule has 0 saturated carbocycles. The van der Waals surface area contributed by atoms with E-state index < -0.39 is 0 Å². The summed E-state index contributed by atoms with van der Waals surface area (Å²) in [5, 5.41) is 44.7. The van der Waals surface area contributed by atoms with Gasteiger partial charge in [0.1, 0.15) is 82.2 Å². The fourth-order valence-corrected chi connectivity index (χ4v) is 19.4. The van der Waals surface area contributed by atoms with Crippen LogP contribution in [-0.4, -0.2) is 142 Å². The molecule has 0 radical (unpaired) electrons. The van der Waals surface area contributed by atoms with E-state index in [0.29, 0.717) is 133 Å². The minimum Gasteiger partial charge on any atom is -0.484 e. The number of anilines is 10. The van der Waals surface area contributed by atoms with Gasteiger partial charge in [0.05, 0.1) is 24.4 Å². The second-order valence-electron chi connectivity index (χ2n) is 26.8. The maximum Gasteiger partial charge on any atom is 0.264 e. The van der Waals surface area contributed by atoms with Crippen LogP contribution in [0.4, 0.5) is 50.7 Å². The van der Waals surface area contributed by atoms with E-state index in [-0.39, 0.29) is 92.1 Å².